The quantitative estimate of drug-likeness (QED) is 0.254. The maximum Gasteiger partial charge on any atom is 0.169 e. The van der Waals surface area contributed by atoms with Crippen LogP contribution in [-0.4, -0.2) is 31.6 Å². The maximum atomic E-state index is 14.6. The van der Waals surface area contributed by atoms with Crippen molar-refractivity contribution in [3.8, 4) is 0 Å². The molecule has 0 aliphatic heterocycles. The maximum absolute atomic E-state index is 14.6. The molecule has 6 nitrogen and oxygen atoms in total. The van der Waals surface area contributed by atoms with Crippen molar-refractivity contribution in [2.75, 3.05) is 0 Å². The second kappa shape index (κ2) is 11.4. The second-order valence-electron chi connectivity index (χ2n) is 10.5. The summed E-state index contributed by atoms with van der Waals surface area (Å²) in [6.45, 7) is 0. The van der Waals surface area contributed by atoms with Crippen LogP contribution in [0.1, 0.15) is 55.7 Å². The Labute approximate surface area is 238 Å². The van der Waals surface area contributed by atoms with E-state index in [2.05, 4.69) is 15.0 Å². The normalized spacial score (nSPS) is 23.9. The molecule has 5 atom stereocenters. The van der Waals surface area contributed by atoms with E-state index in [1.54, 1.807) is 73.6 Å². The zero-order valence-electron chi connectivity index (χ0n) is 22.3. The SMILES string of the molecule is O=C(c1ccncc1)C1C(c2ccccc2)CC(O)(c2ccncc2)C(C(=O)c2ccncc2)C1c1ccccc1. The predicted molar refractivity (Wildman–Crippen MR) is 155 cm³/mol. The van der Waals surface area contributed by atoms with Crippen molar-refractivity contribution in [2.24, 2.45) is 11.8 Å². The number of nitrogens with zero attached hydrogens (tertiary/aromatic N) is 3. The molecule has 1 aliphatic rings. The Hall–Kier alpha value is -4.81. The topological polar surface area (TPSA) is 93.0 Å². The van der Waals surface area contributed by atoms with Gasteiger partial charge in [-0.1, -0.05) is 60.7 Å². The van der Waals surface area contributed by atoms with E-state index in [9.17, 15) is 14.7 Å². The van der Waals surface area contributed by atoms with E-state index in [-0.39, 0.29) is 23.9 Å². The van der Waals surface area contributed by atoms with E-state index in [0.717, 1.165) is 11.1 Å². The molecule has 3 aromatic heterocycles. The summed E-state index contributed by atoms with van der Waals surface area (Å²) in [5.41, 5.74) is 1.71. The number of benzene rings is 2. The number of Topliss-reactive ketones (excluding diaryl/α,β-unsaturated/α-hetero) is 2. The van der Waals surface area contributed by atoms with Crippen LogP contribution < -0.4 is 0 Å². The predicted octanol–water partition coefficient (Wildman–Crippen LogP) is 6.03. The molecular weight excluding hydrogens is 510 g/mol. The van der Waals surface area contributed by atoms with Gasteiger partial charge < -0.3 is 5.11 Å². The van der Waals surface area contributed by atoms with Gasteiger partial charge in [-0.05, 0) is 65.4 Å². The number of rotatable bonds is 7. The van der Waals surface area contributed by atoms with Gasteiger partial charge in [-0.2, -0.15) is 0 Å². The zero-order valence-corrected chi connectivity index (χ0v) is 22.3. The third-order valence-electron chi connectivity index (χ3n) is 8.33. The highest BCUT2D eigenvalue weighted by Gasteiger charge is 2.58. The minimum absolute atomic E-state index is 0.0839. The molecule has 5 aromatic rings. The van der Waals surface area contributed by atoms with Gasteiger partial charge in [0, 0.05) is 60.1 Å². The molecule has 6 rings (SSSR count). The van der Waals surface area contributed by atoms with Gasteiger partial charge in [-0.3, -0.25) is 24.5 Å². The highest BCUT2D eigenvalue weighted by Crippen LogP contribution is 2.58. The minimum atomic E-state index is -1.60. The summed E-state index contributed by atoms with van der Waals surface area (Å²) in [6, 6.07) is 29.8. The molecule has 1 saturated carbocycles. The van der Waals surface area contributed by atoms with Crippen molar-refractivity contribution in [3.63, 3.8) is 0 Å². The standard InChI is InChI=1S/C35H29N3O3/c39-33(26-11-17-36-18-12-26)31-29(24-7-3-1-4-8-24)23-35(41,28-15-21-38-22-16-28)32(30(31)25-9-5-2-6-10-25)34(40)27-13-19-37-20-14-27/h1-22,29-32,41H,23H2. The van der Waals surface area contributed by atoms with E-state index in [1.165, 1.54) is 0 Å². The molecule has 1 N–H and O–H groups in total. The van der Waals surface area contributed by atoms with Crippen molar-refractivity contribution >= 4 is 11.6 Å². The highest BCUT2D eigenvalue weighted by atomic mass is 16.3. The number of aromatic nitrogens is 3. The first-order chi connectivity index (χ1) is 20.1. The summed E-state index contributed by atoms with van der Waals surface area (Å²) >= 11 is 0. The van der Waals surface area contributed by atoms with Gasteiger partial charge in [0.1, 0.15) is 5.60 Å². The van der Waals surface area contributed by atoms with Gasteiger partial charge in [0.25, 0.3) is 0 Å². The van der Waals surface area contributed by atoms with Gasteiger partial charge in [0.05, 0.1) is 5.92 Å². The number of carbonyl (C=O) groups is 2. The van der Waals surface area contributed by atoms with E-state index >= 15 is 0 Å². The van der Waals surface area contributed by atoms with Crippen LogP contribution in [0, 0.1) is 11.8 Å². The summed E-state index contributed by atoms with van der Waals surface area (Å²) in [7, 11) is 0. The van der Waals surface area contributed by atoms with Crippen LogP contribution in [0.4, 0.5) is 0 Å². The van der Waals surface area contributed by atoms with Crippen LogP contribution in [0.5, 0.6) is 0 Å². The van der Waals surface area contributed by atoms with Crippen LogP contribution in [0.15, 0.2) is 134 Å². The summed E-state index contributed by atoms with van der Waals surface area (Å²) in [5.74, 6) is -2.96. The Morgan fingerprint density at radius 2 is 1.07 bits per heavy atom. The Bertz CT molecular complexity index is 1620. The smallest absolute Gasteiger partial charge is 0.169 e. The van der Waals surface area contributed by atoms with Gasteiger partial charge in [0.15, 0.2) is 11.6 Å². The van der Waals surface area contributed by atoms with Crippen molar-refractivity contribution in [1.29, 1.82) is 0 Å². The van der Waals surface area contributed by atoms with Gasteiger partial charge in [-0.15, -0.1) is 0 Å². The van der Waals surface area contributed by atoms with E-state index < -0.39 is 23.4 Å². The lowest BCUT2D eigenvalue weighted by Crippen LogP contribution is -2.53. The summed E-state index contributed by atoms with van der Waals surface area (Å²) in [6.07, 6.45) is 9.80. The molecule has 0 radical (unpaired) electrons. The van der Waals surface area contributed by atoms with Gasteiger partial charge in [-0.25, -0.2) is 0 Å². The van der Waals surface area contributed by atoms with Gasteiger partial charge >= 0.3 is 0 Å². The lowest BCUT2D eigenvalue weighted by Gasteiger charge is -2.51. The van der Waals surface area contributed by atoms with Crippen molar-refractivity contribution < 1.29 is 14.7 Å². The second-order valence-corrected chi connectivity index (χ2v) is 10.5. The average molecular weight is 540 g/mol. The molecule has 2 aromatic carbocycles. The van der Waals surface area contributed by atoms with E-state index in [4.69, 9.17) is 0 Å². The van der Waals surface area contributed by atoms with E-state index in [1.807, 2.05) is 60.7 Å². The molecule has 0 saturated heterocycles. The Kier molecular flexibility index (Phi) is 7.32. The molecule has 6 heteroatoms. The van der Waals surface area contributed by atoms with Crippen LogP contribution >= 0.6 is 0 Å². The lowest BCUT2D eigenvalue weighted by molar-refractivity contribution is -0.0691. The van der Waals surface area contributed by atoms with Crippen molar-refractivity contribution in [2.45, 2.75) is 23.9 Å². The first kappa shape index (κ1) is 26.4. The molecule has 202 valence electrons. The number of pyridine rings is 3. The minimum Gasteiger partial charge on any atom is -0.384 e. The molecule has 0 spiro atoms. The molecule has 0 amide bonds. The van der Waals surface area contributed by atoms with Crippen LogP contribution in [0.25, 0.3) is 0 Å². The average Bonchev–Trinajstić information content (AvgIpc) is 3.05. The fraction of sp³-hybridized carbons (Fsp3) is 0.171. The molecule has 0 bridgehead atoms. The molecule has 5 unspecified atom stereocenters. The third kappa shape index (κ3) is 4.98. The number of hydrogen-bond donors (Lipinski definition) is 1. The van der Waals surface area contributed by atoms with Gasteiger partial charge in [0.2, 0.25) is 0 Å². The largest absolute Gasteiger partial charge is 0.384 e. The first-order valence-electron chi connectivity index (χ1n) is 13.7. The Morgan fingerprint density at radius 3 is 1.61 bits per heavy atom. The molecule has 1 aliphatic carbocycles. The molecule has 41 heavy (non-hydrogen) atoms. The van der Waals surface area contributed by atoms with Crippen molar-refractivity contribution in [1.82, 2.24) is 15.0 Å². The van der Waals surface area contributed by atoms with Crippen LogP contribution in [0.3, 0.4) is 0 Å². The number of aliphatic hydroxyl groups is 1. The number of hydrogen-bond acceptors (Lipinski definition) is 6. The summed E-state index contributed by atoms with van der Waals surface area (Å²) in [4.78, 5) is 41.6. The van der Waals surface area contributed by atoms with Crippen LogP contribution in [-0.2, 0) is 5.60 Å². The summed E-state index contributed by atoms with van der Waals surface area (Å²) in [5, 5.41) is 12.9. The first-order valence-corrected chi connectivity index (χ1v) is 13.7. The molecule has 3 heterocycles. The third-order valence-corrected chi connectivity index (χ3v) is 8.33. The van der Waals surface area contributed by atoms with Crippen molar-refractivity contribution in [3.05, 3.63) is 162 Å². The summed E-state index contributed by atoms with van der Waals surface area (Å²) < 4.78 is 0. The fourth-order valence-corrected chi connectivity index (χ4v) is 6.51. The highest BCUT2D eigenvalue weighted by molar-refractivity contribution is 6.03. The fourth-order valence-electron chi connectivity index (χ4n) is 6.51. The number of ketones is 2. The van der Waals surface area contributed by atoms with E-state index in [0.29, 0.717) is 16.7 Å². The number of carbonyl (C=O) groups excluding carboxylic acids is 2. The molecule has 1 fully saturated rings. The Balaban J connectivity index is 1.64. The van der Waals surface area contributed by atoms with Crippen LogP contribution in [0.2, 0.25) is 0 Å². The lowest BCUT2D eigenvalue weighted by atomic mass is 9.52. The zero-order chi connectivity index (χ0) is 28.2. The monoisotopic (exact) mass is 539 g/mol. The molecular formula is C35H29N3O3. The Morgan fingerprint density at radius 1 is 0.610 bits per heavy atom.